The average molecular weight is 273 g/mol. The molecule has 2 heterocycles. The minimum atomic E-state index is -0.374. The molecule has 3 rings (SSSR count). The predicted octanol–water partition coefficient (Wildman–Crippen LogP) is 0.915. The molecule has 2 N–H and O–H groups in total. The van der Waals surface area contributed by atoms with Crippen LogP contribution in [0.3, 0.4) is 0 Å². The fourth-order valence-corrected chi connectivity index (χ4v) is 2.18. The fraction of sp³-hybridized carbons (Fsp3) is 0.286. The first-order valence-electron chi connectivity index (χ1n) is 6.42. The maximum atomic E-state index is 12.0. The largest absolute Gasteiger partial charge is 0.487 e. The van der Waals surface area contributed by atoms with Crippen LogP contribution in [-0.2, 0) is 0 Å². The van der Waals surface area contributed by atoms with Crippen LogP contribution in [0, 0.1) is 6.92 Å². The molecule has 1 saturated heterocycles. The van der Waals surface area contributed by atoms with E-state index >= 15 is 0 Å². The van der Waals surface area contributed by atoms with Crippen molar-refractivity contribution >= 4 is 5.91 Å². The quantitative estimate of drug-likeness (QED) is 0.872. The van der Waals surface area contributed by atoms with E-state index in [1.54, 1.807) is 4.90 Å². The number of rotatable bonds is 3. The van der Waals surface area contributed by atoms with Crippen LogP contribution in [0.25, 0.3) is 0 Å². The van der Waals surface area contributed by atoms with E-state index in [9.17, 15) is 9.59 Å². The van der Waals surface area contributed by atoms with E-state index in [1.165, 1.54) is 6.20 Å². The van der Waals surface area contributed by atoms with E-state index in [-0.39, 0.29) is 23.4 Å². The molecule has 1 aromatic heterocycles. The Hall–Kier alpha value is -2.50. The number of likely N-dealkylation sites (tertiary alicyclic amines) is 1. The maximum absolute atomic E-state index is 12.0. The lowest BCUT2D eigenvalue weighted by Crippen LogP contribution is -2.56. The van der Waals surface area contributed by atoms with E-state index < -0.39 is 0 Å². The normalized spacial score (nSPS) is 14.9. The van der Waals surface area contributed by atoms with Crippen molar-refractivity contribution in [2.75, 3.05) is 13.1 Å². The highest BCUT2D eigenvalue weighted by molar-refractivity contribution is 5.92. The summed E-state index contributed by atoms with van der Waals surface area (Å²) in [6.07, 6.45) is 1.39. The second-order valence-corrected chi connectivity index (χ2v) is 4.92. The maximum Gasteiger partial charge on any atom is 0.323 e. The van der Waals surface area contributed by atoms with Gasteiger partial charge in [0.2, 0.25) is 0 Å². The first-order valence-corrected chi connectivity index (χ1v) is 6.42. The third-order valence-electron chi connectivity index (χ3n) is 3.25. The third-order valence-corrected chi connectivity index (χ3v) is 3.25. The molecule has 6 heteroatoms. The first kappa shape index (κ1) is 12.5. The van der Waals surface area contributed by atoms with Crippen molar-refractivity contribution in [2.24, 2.45) is 0 Å². The molecule has 1 aliphatic rings. The molecule has 0 bridgehead atoms. The number of ether oxygens (including phenoxy) is 1. The summed E-state index contributed by atoms with van der Waals surface area (Å²) in [6.45, 7) is 3.06. The Labute approximate surface area is 115 Å². The van der Waals surface area contributed by atoms with Gasteiger partial charge in [-0.1, -0.05) is 12.1 Å². The van der Waals surface area contributed by atoms with Gasteiger partial charge in [0, 0.05) is 6.20 Å². The number of imidazole rings is 1. The van der Waals surface area contributed by atoms with Gasteiger partial charge in [0.25, 0.3) is 5.91 Å². The molecule has 1 aliphatic heterocycles. The second kappa shape index (κ2) is 4.88. The van der Waals surface area contributed by atoms with E-state index in [4.69, 9.17) is 4.74 Å². The van der Waals surface area contributed by atoms with Gasteiger partial charge < -0.3 is 19.6 Å². The number of H-pyrrole nitrogens is 2. The van der Waals surface area contributed by atoms with Crippen LogP contribution in [0.2, 0.25) is 0 Å². The Balaban J connectivity index is 1.56. The van der Waals surface area contributed by atoms with Gasteiger partial charge >= 0.3 is 5.69 Å². The lowest BCUT2D eigenvalue weighted by atomic mass is 10.1. The smallest absolute Gasteiger partial charge is 0.323 e. The Morgan fingerprint density at radius 2 is 2.20 bits per heavy atom. The SMILES string of the molecule is Cc1cccc(OC2CN(C(=O)c3c[nH]c(=O)[nH]3)C2)c1. The summed E-state index contributed by atoms with van der Waals surface area (Å²) in [4.78, 5) is 29.4. The van der Waals surface area contributed by atoms with Gasteiger partial charge in [-0.2, -0.15) is 0 Å². The molecular weight excluding hydrogens is 258 g/mol. The van der Waals surface area contributed by atoms with Crippen LogP contribution in [-0.4, -0.2) is 40.0 Å². The molecule has 0 radical (unpaired) electrons. The van der Waals surface area contributed by atoms with Gasteiger partial charge in [0.05, 0.1) is 13.1 Å². The molecular formula is C14H15N3O3. The fourth-order valence-electron chi connectivity index (χ4n) is 2.18. The Morgan fingerprint density at radius 3 is 2.85 bits per heavy atom. The zero-order valence-corrected chi connectivity index (χ0v) is 11.1. The topological polar surface area (TPSA) is 78.2 Å². The molecule has 6 nitrogen and oxygen atoms in total. The minimum Gasteiger partial charge on any atom is -0.487 e. The molecule has 2 aromatic rings. The molecule has 1 amide bonds. The van der Waals surface area contributed by atoms with Gasteiger partial charge in [0.15, 0.2) is 0 Å². The minimum absolute atomic E-state index is 0.00594. The summed E-state index contributed by atoms with van der Waals surface area (Å²) in [5.74, 6) is 0.629. The van der Waals surface area contributed by atoms with Crippen molar-refractivity contribution in [2.45, 2.75) is 13.0 Å². The predicted molar refractivity (Wildman–Crippen MR) is 72.9 cm³/mol. The summed E-state index contributed by atoms with van der Waals surface area (Å²) in [6, 6.07) is 7.82. The summed E-state index contributed by atoms with van der Waals surface area (Å²) in [7, 11) is 0. The molecule has 104 valence electrons. The molecule has 0 atom stereocenters. The number of carbonyl (C=O) groups is 1. The Kier molecular flexibility index (Phi) is 3.06. The van der Waals surface area contributed by atoms with Crippen molar-refractivity contribution in [1.82, 2.24) is 14.9 Å². The van der Waals surface area contributed by atoms with Crippen molar-refractivity contribution in [3.05, 3.63) is 52.2 Å². The Morgan fingerprint density at radius 1 is 1.40 bits per heavy atom. The van der Waals surface area contributed by atoms with Gasteiger partial charge in [-0.3, -0.25) is 4.79 Å². The summed E-state index contributed by atoms with van der Waals surface area (Å²) < 4.78 is 5.78. The molecule has 1 fully saturated rings. The number of aryl methyl sites for hydroxylation is 1. The van der Waals surface area contributed by atoms with Gasteiger partial charge in [-0.15, -0.1) is 0 Å². The number of benzene rings is 1. The van der Waals surface area contributed by atoms with E-state index in [0.29, 0.717) is 13.1 Å². The molecule has 0 spiro atoms. The number of hydrogen-bond donors (Lipinski definition) is 2. The zero-order chi connectivity index (χ0) is 14.1. The molecule has 1 aromatic carbocycles. The molecule has 20 heavy (non-hydrogen) atoms. The number of amides is 1. The first-order chi connectivity index (χ1) is 9.61. The van der Waals surface area contributed by atoms with Crippen LogP contribution in [0.15, 0.2) is 35.3 Å². The van der Waals surface area contributed by atoms with Crippen molar-refractivity contribution < 1.29 is 9.53 Å². The summed E-state index contributed by atoms with van der Waals surface area (Å²) in [5.41, 5.74) is 1.05. The highest BCUT2D eigenvalue weighted by Crippen LogP contribution is 2.20. The van der Waals surface area contributed by atoms with Crippen LogP contribution in [0.4, 0.5) is 0 Å². The number of nitrogens with one attached hydrogen (secondary N) is 2. The van der Waals surface area contributed by atoms with Gasteiger partial charge in [0.1, 0.15) is 17.5 Å². The molecule has 0 unspecified atom stereocenters. The van der Waals surface area contributed by atoms with Crippen molar-refractivity contribution in [3.8, 4) is 5.75 Å². The standard InChI is InChI=1S/C14H15N3O3/c1-9-3-2-4-10(5-9)20-11-7-17(8-11)13(18)12-6-15-14(19)16-12/h2-6,11H,7-8H2,1H3,(H2,15,16,19). The lowest BCUT2D eigenvalue weighted by molar-refractivity contribution is 0.0173. The number of hydrogen-bond acceptors (Lipinski definition) is 3. The van der Waals surface area contributed by atoms with Crippen LogP contribution in [0.1, 0.15) is 16.1 Å². The van der Waals surface area contributed by atoms with E-state index in [0.717, 1.165) is 11.3 Å². The monoisotopic (exact) mass is 273 g/mol. The molecule has 0 saturated carbocycles. The van der Waals surface area contributed by atoms with Crippen LogP contribution < -0.4 is 10.4 Å². The Bertz CT molecular complexity index is 683. The highest BCUT2D eigenvalue weighted by Gasteiger charge is 2.33. The molecule has 0 aliphatic carbocycles. The average Bonchev–Trinajstić information content (AvgIpc) is 2.79. The number of nitrogens with zero attached hydrogens (tertiary/aromatic N) is 1. The zero-order valence-electron chi connectivity index (χ0n) is 11.1. The van der Waals surface area contributed by atoms with Crippen molar-refractivity contribution in [1.29, 1.82) is 0 Å². The lowest BCUT2D eigenvalue weighted by Gasteiger charge is -2.38. The highest BCUT2D eigenvalue weighted by atomic mass is 16.5. The third kappa shape index (κ3) is 2.45. The van der Waals surface area contributed by atoms with Gasteiger partial charge in [-0.25, -0.2) is 4.79 Å². The van der Waals surface area contributed by atoms with Crippen LogP contribution in [0.5, 0.6) is 5.75 Å². The van der Waals surface area contributed by atoms with Crippen molar-refractivity contribution in [3.63, 3.8) is 0 Å². The van der Waals surface area contributed by atoms with E-state index in [1.807, 2.05) is 31.2 Å². The van der Waals surface area contributed by atoms with Crippen LogP contribution >= 0.6 is 0 Å². The number of aromatic amines is 2. The van der Waals surface area contributed by atoms with E-state index in [2.05, 4.69) is 9.97 Å². The second-order valence-electron chi connectivity index (χ2n) is 4.92. The summed E-state index contributed by atoms with van der Waals surface area (Å²) >= 11 is 0. The number of carbonyl (C=O) groups excluding carboxylic acids is 1. The van der Waals surface area contributed by atoms with Gasteiger partial charge in [-0.05, 0) is 24.6 Å². The summed E-state index contributed by atoms with van der Waals surface area (Å²) in [5, 5.41) is 0. The number of aromatic nitrogens is 2.